The van der Waals surface area contributed by atoms with E-state index < -0.39 is 29.0 Å². The van der Waals surface area contributed by atoms with Crippen molar-refractivity contribution in [2.45, 2.75) is 31.4 Å². The minimum Gasteiger partial charge on any atom is -0.469 e. The van der Waals surface area contributed by atoms with E-state index in [1.54, 1.807) is 6.07 Å². The Morgan fingerprint density at radius 1 is 1.26 bits per heavy atom. The maximum Gasteiger partial charge on any atom is 0.307 e. The smallest absolute Gasteiger partial charge is 0.307 e. The number of fused-ring (bicyclic) bond motifs is 1. The number of amides is 2. The van der Waals surface area contributed by atoms with E-state index in [1.807, 2.05) is 43.5 Å². The molecule has 1 aromatic heterocycles. The molecular formula is C24H22N4O4S2. The Balaban J connectivity index is 1.84. The van der Waals surface area contributed by atoms with E-state index in [1.165, 1.54) is 23.3 Å². The predicted molar refractivity (Wildman–Crippen MR) is 130 cm³/mol. The summed E-state index contributed by atoms with van der Waals surface area (Å²) in [6, 6.07) is 11.3. The maximum absolute atomic E-state index is 13.7. The van der Waals surface area contributed by atoms with Gasteiger partial charge in [-0.15, -0.1) is 11.3 Å². The van der Waals surface area contributed by atoms with Crippen molar-refractivity contribution in [3.05, 3.63) is 73.7 Å². The number of nitrogens with zero attached hydrogens (tertiary/aromatic N) is 2. The fraction of sp³-hybridized carbons (Fsp3) is 0.250. The number of anilines is 1. The average Bonchev–Trinajstić information content (AvgIpc) is 3.44. The summed E-state index contributed by atoms with van der Waals surface area (Å²) in [7, 11) is 1.25. The van der Waals surface area contributed by atoms with Crippen LogP contribution in [-0.2, 0) is 19.1 Å². The van der Waals surface area contributed by atoms with E-state index in [4.69, 9.17) is 10.5 Å². The van der Waals surface area contributed by atoms with Gasteiger partial charge in [0.2, 0.25) is 5.91 Å². The summed E-state index contributed by atoms with van der Waals surface area (Å²) < 4.78 is 4.72. The van der Waals surface area contributed by atoms with Crippen LogP contribution in [0.25, 0.3) is 0 Å². The van der Waals surface area contributed by atoms with E-state index >= 15 is 0 Å². The standard InChI is InChI=1S/C24H22N4O4S2/c1-12-6-7-14(9-13(12)2)27-22(30)20-19(16-5-4-8-33-16)15(11-25)21(26)28-23(31)17(34-24(20)28)10-18(29)32-3/h4-9,17,19H,10,26H2,1-3H3,(H,27,30)/t17-,19-/m1/s1. The van der Waals surface area contributed by atoms with Crippen LogP contribution in [0.3, 0.4) is 0 Å². The number of ether oxygens (including phenoxy) is 1. The van der Waals surface area contributed by atoms with Crippen molar-refractivity contribution in [2.24, 2.45) is 5.73 Å². The monoisotopic (exact) mass is 494 g/mol. The summed E-state index contributed by atoms with van der Waals surface area (Å²) in [5, 5.41) is 14.3. The molecule has 4 rings (SSSR count). The number of thioether (sulfide) groups is 1. The van der Waals surface area contributed by atoms with Gasteiger partial charge in [-0.05, 0) is 48.6 Å². The van der Waals surface area contributed by atoms with Crippen LogP contribution < -0.4 is 11.1 Å². The number of methoxy groups -OCH3 is 1. The molecule has 0 spiro atoms. The number of nitrogens with two attached hydrogens (primary N) is 1. The first kappa shape index (κ1) is 23.6. The maximum atomic E-state index is 13.7. The number of esters is 1. The van der Waals surface area contributed by atoms with E-state index in [0.29, 0.717) is 10.7 Å². The molecule has 3 N–H and O–H groups in total. The number of hydrogen-bond acceptors (Lipinski definition) is 8. The lowest BCUT2D eigenvalue weighted by Crippen LogP contribution is -2.39. The second kappa shape index (κ2) is 9.37. The van der Waals surface area contributed by atoms with Crippen molar-refractivity contribution in [2.75, 3.05) is 12.4 Å². The van der Waals surface area contributed by atoms with Crippen LogP contribution in [0.4, 0.5) is 5.69 Å². The van der Waals surface area contributed by atoms with Gasteiger partial charge in [0.15, 0.2) is 0 Å². The Morgan fingerprint density at radius 2 is 2.03 bits per heavy atom. The highest BCUT2D eigenvalue weighted by Gasteiger charge is 2.48. The molecule has 2 amide bonds. The predicted octanol–water partition coefficient (Wildman–Crippen LogP) is 3.51. The van der Waals surface area contributed by atoms with Crippen LogP contribution in [0.15, 0.2) is 57.7 Å². The Labute approximate surface area is 205 Å². The molecular weight excluding hydrogens is 472 g/mol. The number of rotatable bonds is 5. The van der Waals surface area contributed by atoms with Crippen LogP contribution in [0.1, 0.15) is 28.3 Å². The zero-order valence-electron chi connectivity index (χ0n) is 18.7. The van der Waals surface area contributed by atoms with Gasteiger partial charge in [0.1, 0.15) is 11.1 Å². The summed E-state index contributed by atoms with van der Waals surface area (Å²) in [5.41, 5.74) is 9.37. The summed E-state index contributed by atoms with van der Waals surface area (Å²) in [5.74, 6) is -2.22. The average molecular weight is 495 g/mol. The number of allylic oxidation sites excluding steroid dienone is 1. The molecule has 10 heteroatoms. The van der Waals surface area contributed by atoms with Gasteiger partial charge in [0.25, 0.3) is 5.91 Å². The Kier molecular flexibility index (Phi) is 6.50. The molecule has 0 saturated carbocycles. The van der Waals surface area contributed by atoms with E-state index in [-0.39, 0.29) is 23.4 Å². The van der Waals surface area contributed by atoms with E-state index in [2.05, 4.69) is 11.4 Å². The van der Waals surface area contributed by atoms with Crippen molar-refractivity contribution < 1.29 is 19.1 Å². The Bertz CT molecular complexity index is 1290. The number of nitrogens with one attached hydrogen (secondary N) is 1. The molecule has 0 radical (unpaired) electrons. The molecule has 8 nitrogen and oxygen atoms in total. The zero-order valence-corrected chi connectivity index (χ0v) is 20.4. The number of carbonyl (C=O) groups excluding carboxylic acids is 3. The van der Waals surface area contributed by atoms with Gasteiger partial charge in [-0.2, -0.15) is 5.26 Å². The highest BCUT2D eigenvalue weighted by Crippen LogP contribution is 2.50. The number of hydrogen-bond donors (Lipinski definition) is 2. The van der Waals surface area contributed by atoms with Gasteiger partial charge >= 0.3 is 5.97 Å². The fourth-order valence-corrected chi connectivity index (χ4v) is 6.07. The number of aryl methyl sites for hydroxylation is 2. The molecule has 0 unspecified atom stereocenters. The number of thiophene rings is 1. The second-order valence-corrected chi connectivity index (χ2v) is 10.1. The SMILES string of the molecule is COC(=O)C[C@H]1SC2=C(C(=O)Nc3ccc(C)c(C)c3)[C@@H](c3cccs3)C(C#N)=C(N)N2C1=O. The minimum atomic E-state index is -0.813. The zero-order chi connectivity index (χ0) is 24.6. The Hall–Kier alpha value is -3.55. The highest BCUT2D eigenvalue weighted by molar-refractivity contribution is 8.04. The third-order valence-corrected chi connectivity index (χ3v) is 8.03. The van der Waals surface area contributed by atoms with Gasteiger partial charge in [-0.3, -0.25) is 19.3 Å². The van der Waals surface area contributed by atoms with Gasteiger partial charge in [-0.1, -0.05) is 23.9 Å². The van der Waals surface area contributed by atoms with Crippen LogP contribution in [-0.4, -0.2) is 35.0 Å². The van der Waals surface area contributed by atoms with Gasteiger partial charge in [0.05, 0.1) is 41.7 Å². The van der Waals surface area contributed by atoms with Crippen LogP contribution in [0.2, 0.25) is 0 Å². The molecule has 34 heavy (non-hydrogen) atoms. The van der Waals surface area contributed by atoms with Crippen molar-refractivity contribution >= 4 is 46.6 Å². The lowest BCUT2D eigenvalue weighted by atomic mass is 9.87. The van der Waals surface area contributed by atoms with Crippen molar-refractivity contribution in [3.8, 4) is 6.07 Å². The molecule has 2 aromatic rings. The quantitative estimate of drug-likeness (QED) is 0.609. The van der Waals surface area contributed by atoms with Gasteiger partial charge in [-0.25, -0.2) is 0 Å². The molecule has 0 bridgehead atoms. The van der Waals surface area contributed by atoms with E-state index in [0.717, 1.165) is 27.8 Å². The molecule has 1 fully saturated rings. The third kappa shape index (κ3) is 4.08. The van der Waals surface area contributed by atoms with Crippen LogP contribution in [0.5, 0.6) is 0 Å². The summed E-state index contributed by atoms with van der Waals surface area (Å²) >= 11 is 2.48. The van der Waals surface area contributed by atoms with Crippen LogP contribution in [0, 0.1) is 25.2 Å². The molecule has 2 aliphatic heterocycles. The second-order valence-electron chi connectivity index (χ2n) is 7.89. The first-order valence-corrected chi connectivity index (χ1v) is 12.2. The van der Waals surface area contributed by atoms with Crippen LogP contribution >= 0.6 is 23.1 Å². The molecule has 3 heterocycles. The first-order chi connectivity index (χ1) is 16.3. The molecule has 1 saturated heterocycles. The van der Waals surface area contributed by atoms with E-state index in [9.17, 15) is 19.6 Å². The van der Waals surface area contributed by atoms with Gasteiger partial charge < -0.3 is 15.8 Å². The molecule has 174 valence electrons. The number of benzene rings is 1. The minimum absolute atomic E-state index is 0.0245. The lowest BCUT2D eigenvalue weighted by molar-refractivity contribution is -0.142. The van der Waals surface area contributed by atoms with Crippen molar-refractivity contribution in [1.29, 1.82) is 5.26 Å². The normalized spacial score (nSPS) is 19.7. The molecule has 2 atom stereocenters. The van der Waals surface area contributed by atoms with Crippen molar-refractivity contribution in [1.82, 2.24) is 4.90 Å². The largest absolute Gasteiger partial charge is 0.469 e. The molecule has 0 aliphatic carbocycles. The number of carbonyl (C=O) groups is 3. The third-order valence-electron chi connectivity index (χ3n) is 5.81. The highest BCUT2D eigenvalue weighted by atomic mass is 32.2. The summed E-state index contributed by atoms with van der Waals surface area (Å²) in [6.07, 6.45) is -0.176. The first-order valence-electron chi connectivity index (χ1n) is 10.4. The molecule has 2 aliphatic rings. The summed E-state index contributed by atoms with van der Waals surface area (Å²) in [6.45, 7) is 3.93. The molecule has 1 aromatic carbocycles. The van der Waals surface area contributed by atoms with Crippen molar-refractivity contribution in [3.63, 3.8) is 0 Å². The lowest BCUT2D eigenvalue weighted by Gasteiger charge is -2.31. The topological polar surface area (TPSA) is 126 Å². The number of nitriles is 1. The van der Waals surface area contributed by atoms with Gasteiger partial charge in [0, 0.05) is 10.6 Å². The Morgan fingerprint density at radius 3 is 2.65 bits per heavy atom. The summed E-state index contributed by atoms with van der Waals surface area (Å²) in [4.78, 5) is 40.7. The fourth-order valence-electron chi connectivity index (χ4n) is 3.90.